The van der Waals surface area contributed by atoms with Gasteiger partial charge in [-0.15, -0.1) is 0 Å². The molecule has 0 aliphatic carbocycles. The van der Waals surface area contributed by atoms with Crippen LogP contribution in [0.1, 0.15) is 11.1 Å². The van der Waals surface area contributed by atoms with E-state index in [0.29, 0.717) is 5.56 Å². The molecule has 0 aromatic heterocycles. The highest BCUT2D eigenvalue weighted by atomic mass is 32.2. The number of carboxylic acids is 1. The van der Waals surface area contributed by atoms with Crippen LogP contribution in [0, 0.1) is 13.8 Å². The van der Waals surface area contributed by atoms with Gasteiger partial charge in [0.1, 0.15) is 6.04 Å². The van der Waals surface area contributed by atoms with Crippen molar-refractivity contribution in [2.45, 2.75) is 24.8 Å². The molecule has 0 saturated heterocycles. The third kappa shape index (κ3) is 3.28. The molecule has 0 aliphatic rings. The maximum absolute atomic E-state index is 12.0. The van der Waals surface area contributed by atoms with Crippen molar-refractivity contribution in [2.75, 3.05) is 6.61 Å². The summed E-state index contributed by atoms with van der Waals surface area (Å²) in [5, 5.41) is 17.5. The topological polar surface area (TPSA) is 104 Å². The van der Waals surface area contributed by atoms with E-state index in [9.17, 15) is 13.2 Å². The van der Waals surface area contributed by atoms with Crippen molar-refractivity contribution < 1.29 is 23.4 Å². The van der Waals surface area contributed by atoms with E-state index in [4.69, 9.17) is 10.2 Å². The predicted octanol–water partition coefficient (Wildman–Crippen LogP) is 0.0272. The molecule has 7 heteroatoms. The number of carbonyl (C=O) groups is 1. The van der Waals surface area contributed by atoms with E-state index in [1.807, 2.05) is 4.72 Å². The molecule has 1 atom stereocenters. The zero-order valence-electron chi connectivity index (χ0n) is 10.0. The molecule has 100 valence electrons. The lowest BCUT2D eigenvalue weighted by Gasteiger charge is -2.14. The van der Waals surface area contributed by atoms with Gasteiger partial charge in [-0.05, 0) is 31.0 Å². The van der Waals surface area contributed by atoms with E-state index in [1.165, 1.54) is 6.07 Å². The van der Waals surface area contributed by atoms with E-state index >= 15 is 0 Å². The lowest BCUT2D eigenvalue weighted by molar-refractivity contribution is -0.139. The maximum atomic E-state index is 12.0. The molecule has 18 heavy (non-hydrogen) atoms. The summed E-state index contributed by atoms with van der Waals surface area (Å²) in [6.07, 6.45) is 0. The summed E-state index contributed by atoms with van der Waals surface area (Å²) in [5.74, 6) is -1.42. The van der Waals surface area contributed by atoms with Crippen molar-refractivity contribution >= 4 is 16.0 Å². The first kappa shape index (κ1) is 14.6. The largest absolute Gasteiger partial charge is 0.480 e. The van der Waals surface area contributed by atoms with Crippen LogP contribution in [0.5, 0.6) is 0 Å². The van der Waals surface area contributed by atoms with Gasteiger partial charge in [-0.2, -0.15) is 4.72 Å². The predicted molar refractivity (Wildman–Crippen MR) is 64.7 cm³/mol. The molecule has 1 aromatic rings. The first-order chi connectivity index (χ1) is 8.27. The summed E-state index contributed by atoms with van der Waals surface area (Å²) in [5.41, 5.74) is 1.26. The Morgan fingerprint density at radius 1 is 1.39 bits per heavy atom. The fraction of sp³-hybridized carbons (Fsp3) is 0.364. The Bertz CT molecular complexity index is 553. The first-order valence-corrected chi connectivity index (χ1v) is 6.69. The Kier molecular flexibility index (Phi) is 4.44. The number of benzene rings is 1. The van der Waals surface area contributed by atoms with Gasteiger partial charge in [0.05, 0.1) is 11.5 Å². The molecule has 0 bridgehead atoms. The third-order valence-corrected chi connectivity index (χ3v) is 4.02. The number of hydrogen-bond acceptors (Lipinski definition) is 4. The lowest BCUT2D eigenvalue weighted by atomic mass is 10.2. The average Bonchev–Trinajstić information content (AvgIpc) is 2.28. The zero-order chi connectivity index (χ0) is 13.9. The van der Waals surface area contributed by atoms with Crippen molar-refractivity contribution in [3.05, 3.63) is 29.3 Å². The summed E-state index contributed by atoms with van der Waals surface area (Å²) >= 11 is 0. The number of sulfonamides is 1. The quantitative estimate of drug-likeness (QED) is 0.702. The average molecular weight is 273 g/mol. The molecule has 0 saturated carbocycles. The summed E-state index contributed by atoms with van der Waals surface area (Å²) in [7, 11) is -3.96. The molecule has 0 fully saturated rings. The monoisotopic (exact) mass is 273 g/mol. The Hall–Kier alpha value is -1.44. The van der Waals surface area contributed by atoms with Crippen molar-refractivity contribution in [1.29, 1.82) is 0 Å². The Morgan fingerprint density at radius 2 is 2.00 bits per heavy atom. The molecule has 0 heterocycles. The number of aliphatic carboxylic acids is 1. The number of aliphatic hydroxyl groups excluding tert-OH is 1. The number of nitrogens with one attached hydrogen (secondary N) is 1. The lowest BCUT2D eigenvalue weighted by Crippen LogP contribution is -2.43. The highest BCUT2D eigenvalue weighted by Gasteiger charge is 2.25. The fourth-order valence-electron chi connectivity index (χ4n) is 1.41. The molecule has 6 nitrogen and oxygen atoms in total. The van der Waals surface area contributed by atoms with Gasteiger partial charge in [-0.25, -0.2) is 8.42 Å². The normalized spacial score (nSPS) is 13.3. The number of hydrogen-bond donors (Lipinski definition) is 3. The number of rotatable bonds is 5. The van der Waals surface area contributed by atoms with Crippen molar-refractivity contribution in [3.63, 3.8) is 0 Å². The number of carboxylic acid groups (broad SMARTS) is 1. The van der Waals surface area contributed by atoms with Crippen LogP contribution >= 0.6 is 0 Å². The van der Waals surface area contributed by atoms with Crippen molar-refractivity contribution in [1.82, 2.24) is 4.72 Å². The maximum Gasteiger partial charge on any atom is 0.324 e. The smallest absolute Gasteiger partial charge is 0.324 e. The minimum Gasteiger partial charge on any atom is -0.480 e. The summed E-state index contributed by atoms with van der Waals surface area (Å²) in [6, 6.07) is 3.30. The van der Waals surface area contributed by atoms with Gasteiger partial charge in [0, 0.05) is 0 Å². The molecule has 1 aromatic carbocycles. The summed E-state index contributed by atoms with van der Waals surface area (Å²) in [4.78, 5) is 10.7. The van der Waals surface area contributed by atoms with Crippen LogP contribution in [0.2, 0.25) is 0 Å². The fourth-order valence-corrected chi connectivity index (χ4v) is 2.92. The molecular weight excluding hydrogens is 258 g/mol. The van der Waals surface area contributed by atoms with Gasteiger partial charge in [0.15, 0.2) is 0 Å². The van der Waals surface area contributed by atoms with E-state index in [0.717, 1.165) is 5.56 Å². The van der Waals surface area contributed by atoms with Crippen LogP contribution in [0.4, 0.5) is 0 Å². The van der Waals surface area contributed by atoms with Gasteiger partial charge < -0.3 is 10.2 Å². The minimum absolute atomic E-state index is 0.0159. The van der Waals surface area contributed by atoms with E-state index in [2.05, 4.69) is 0 Å². The standard InChI is InChI=1S/C11H15NO5S/c1-7-3-4-8(2)10(5-7)18(16,17)12-9(6-13)11(14)15/h3-5,9,12-13H,6H2,1-2H3,(H,14,15)/t9-/m0/s1. The van der Waals surface area contributed by atoms with Gasteiger partial charge >= 0.3 is 5.97 Å². The van der Waals surface area contributed by atoms with Crippen molar-refractivity contribution in [3.8, 4) is 0 Å². The number of aryl methyl sites for hydroxylation is 2. The second-order valence-corrected chi connectivity index (χ2v) is 5.65. The molecule has 0 aliphatic heterocycles. The molecule has 0 unspecified atom stereocenters. The SMILES string of the molecule is Cc1ccc(C)c(S(=O)(=O)N[C@@H](CO)C(=O)O)c1. The van der Waals surface area contributed by atoms with Crippen LogP contribution in [-0.2, 0) is 14.8 Å². The first-order valence-electron chi connectivity index (χ1n) is 5.21. The van der Waals surface area contributed by atoms with Gasteiger partial charge in [-0.3, -0.25) is 4.79 Å². The third-order valence-electron chi connectivity index (χ3n) is 2.41. The molecular formula is C11H15NO5S. The van der Waals surface area contributed by atoms with Gasteiger partial charge in [0.25, 0.3) is 0 Å². The molecule has 0 amide bonds. The van der Waals surface area contributed by atoms with Crippen molar-refractivity contribution in [2.24, 2.45) is 0 Å². The molecule has 0 spiro atoms. The van der Waals surface area contributed by atoms with Gasteiger partial charge in [-0.1, -0.05) is 12.1 Å². The Labute approximate surface area is 105 Å². The molecule has 1 rings (SSSR count). The minimum atomic E-state index is -3.96. The second kappa shape index (κ2) is 5.47. The van der Waals surface area contributed by atoms with Crippen LogP contribution in [0.25, 0.3) is 0 Å². The summed E-state index contributed by atoms with van der Waals surface area (Å²) < 4.78 is 25.9. The Balaban J connectivity index is 3.14. The molecule has 0 radical (unpaired) electrons. The zero-order valence-corrected chi connectivity index (χ0v) is 10.9. The second-order valence-electron chi connectivity index (χ2n) is 3.96. The van der Waals surface area contributed by atoms with Gasteiger partial charge in [0.2, 0.25) is 10.0 Å². The summed E-state index contributed by atoms with van der Waals surface area (Å²) in [6.45, 7) is 2.54. The van der Waals surface area contributed by atoms with Crippen LogP contribution < -0.4 is 4.72 Å². The Morgan fingerprint density at radius 3 is 2.50 bits per heavy atom. The van der Waals surface area contributed by atoms with Crippen LogP contribution in [0.3, 0.4) is 0 Å². The van der Waals surface area contributed by atoms with Crippen LogP contribution in [0.15, 0.2) is 23.1 Å². The highest BCUT2D eigenvalue weighted by molar-refractivity contribution is 7.89. The number of aliphatic hydroxyl groups is 1. The highest BCUT2D eigenvalue weighted by Crippen LogP contribution is 2.16. The molecule has 3 N–H and O–H groups in total. The van der Waals surface area contributed by atoms with E-state index in [1.54, 1.807) is 26.0 Å². The van der Waals surface area contributed by atoms with E-state index in [-0.39, 0.29) is 4.90 Å². The van der Waals surface area contributed by atoms with E-state index < -0.39 is 28.6 Å². The van der Waals surface area contributed by atoms with Crippen LogP contribution in [-0.4, -0.2) is 37.2 Å².